The standard InChI is InChI=1S/C18H28N4O3/c1-17(2)6-8-21(10-17)15(24)12-14(23)13(20(5)19-12)16(25)22-9-7-18(3,4)11-22/h23H,6-11H2,1-5H3. The molecule has 1 aromatic rings. The number of hydrogen-bond acceptors (Lipinski definition) is 4. The largest absolute Gasteiger partial charge is 0.504 e. The predicted molar refractivity (Wildman–Crippen MR) is 93.5 cm³/mol. The van der Waals surface area contributed by atoms with Crippen LogP contribution in [0.5, 0.6) is 5.75 Å². The van der Waals surface area contributed by atoms with E-state index in [2.05, 4.69) is 32.8 Å². The molecule has 0 aliphatic carbocycles. The summed E-state index contributed by atoms with van der Waals surface area (Å²) in [4.78, 5) is 29.0. The van der Waals surface area contributed by atoms with Gasteiger partial charge in [0.1, 0.15) is 0 Å². The molecule has 0 bridgehead atoms. The van der Waals surface area contributed by atoms with Gasteiger partial charge >= 0.3 is 0 Å². The number of likely N-dealkylation sites (tertiary alicyclic amines) is 2. The molecule has 1 aromatic heterocycles. The Kier molecular flexibility index (Phi) is 4.08. The SMILES string of the molecule is Cn1nc(C(=O)N2CCC(C)(C)C2)c(O)c1C(=O)N1CCC(C)(C)C1. The van der Waals surface area contributed by atoms with E-state index in [1.54, 1.807) is 16.8 Å². The van der Waals surface area contributed by atoms with Crippen LogP contribution in [-0.4, -0.2) is 62.7 Å². The van der Waals surface area contributed by atoms with E-state index in [4.69, 9.17) is 0 Å². The van der Waals surface area contributed by atoms with Crippen LogP contribution < -0.4 is 0 Å². The molecule has 7 heteroatoms. The summed E-state index contributed by atoms with van der Waals surface area (Å²) in [5.41, 5.74) is 0.213. The predicted octanol–water partition coefficient (Wildman–Crippen LogP) is 1.87. The van der Waals surface area contributed by atoms with Crippen molar-refractivity contribution in [1.82, 2.24) is 19.6 Å². The first kappa shape index (κ1) is 17.8. The lowest BCUT2D eigenvalue weighted by molar-refractivity contribution is 0.0762. The van der Waals surface area contributed by atoms with E-state index < -0.39 is 0 Å². The second-order valence-electron chi connectivity index (χ2n) is 8.95. The van der Waals surface area contributed by atoms with Gasteiger partial charge in [0.25, 0.3) is 11.8 Å². The summed E-state index contributed by atoms with van der Waals surface area (Å²) in [6.45, 7) is 11.0. The van der Waals surface area contributed by atoms with Gasteiger partial charge in [-0.2, -0.15) is 5.10 Å². The molecule has 2 aliphatic heterocycles. The van der Waals surface area contributed by atoms with E-state index in [1.165, 1.54) is 4.68 Å². The van der Waals surface area contributed by atoms with Gasteiger partial charge in [-0.1, -0.05) is 27.7 Å². The Hall–Kier alpha value is -2.05. The highest BCUT2D eigenvalue weighted by Gasteiger charge is 2.38. The molecule has 0 saturated carbocycles. The molecule has 2 saturated heterocycles. The number of carbonyl (C=O) groups excluding carboxylic acids is 2. The number of amides is 2. The van der Waals surface area contributed by atoms with Gasteiger partial charge < -0.3 is 14.9 Å². The number of nitrogens with zero attached hydrogens (tertiary/aromatic N) is 4. The Balaban J connectivity index is 1.84. The summed E-state index contributed by atoms with van der Waals surface area (Å²) in [7, 11) is 1.60. The number of carbonyl (C=O) groups is 2. The van der Waals surface area contributed by atoms with Crippen LogP contribution in [0.25, 0.3) is 0 Å². The third-order valence-electron chi connectivity index (χ3n) is 5.36. The summed E-state index contributed by atoms with van der Waals surface area (Å²) < 4.78 is 1.33. The summed E-state index contributed by atoms with van der Waals surface area (Å²) in [5, 5.41) is 14.7. The molecule has 0 unspecified atom stereocenters. The van der Waals surface area contributed by atoms with E-state index >= 15 is 0 Å². The first-order chi connectivity index (χ1) is 11.5. The smallest absolute Gasteiger partial charge is 0.278 e. The minimum absolute atomic E-state index is 0.0259. The average molecular weight is 348 g/mol. The van der Waals surface area contributed by atoms with Crippen molar-refractivity contribution >= 4 is 11.8 Å². The van der Waals surface area contributed by atoms with Crippen molar-refractivity contribution in [3.8, 4) is 5.75 Å². The second-order valence-corrected chi connectivity index (χ2v) is 8.95. The van der Waals surface area contributed by atoms with Crippen LogP contribution in [0.1, 0.15) is 61.5 Å². The van der Waals surface area contributed by atoms with Crippen molar-refractivity contribution in [2.75, 3.05) is 26.2 Å². The van der Waals surface area contributed by atoms with Gasteiger partial charge in [-0.15, -0.1) is 0 Å². The Labute approximate surface area is 148 Å². The highest BCUT2D eigenvalue weighted by molar-refractivity contribution is 6.02. The summed E-state index contributed by atoms with van der Waals surface area (Å²) in [6.07, 6.45) is 1.84. The molecule has 3 rings (SSSR count). The molecular formula is C18H28N4O3. The quantitative estimate of drug-likeness (QED) is 0.885. The normalized spacial score (nSPS) is 21.8. The topological polar surface area (TPSA) is 78.7 Å². The van der Waals surface area contributed by atoms with Crippen LogP contribution in [-0.2, 0) is 7.05 Å². The third-order valence-corrected chi connectivity index (χ3v) is 5.36. The Morgan fingerprint density at radius 2 is 1.44 bits per heavy atom. The van der Waals surface area contributed by atoms with Crippen molar-refractivity contribution in [3.63, 3.8) is 0 Å². The zero-order chi connectivity index (χ0) is 18.6. The number of hydrogen-bond donors (Lipinski definition) is 1. The Morgan fingerprint density at radius 1 is 0.960 bits per heavy atom. The zero-order valence-corrected chi connectivity index (χ0v) is 15.8. The Bertz CT molecular complexity index is 720. The third kappa shape index (κ3) is 3.24. The van der Waals surface area contributed by atoms with Crippen LogP contribution >= 0.6 is 0 Å². The molecule has 7 nitrogen and oxygen atoms in total. The van der Waals surface area contributed by atoms with Gasteiger partial charge in [-0.05, 0) is 23.7 Å². The molecule has 0 spiro atoms. The molecule has 3 heterocycles. The van der Waals surface area contributed by atoms with Gasteiger partial charge in [0.2, 0.25) is 0 Å². The van der Waals surface area contributed by atoms with Crippen LogP contribution in [0.3, 0.4) is 0 Å². The lowest BCUT2D eigenvalue weighted by atomic mass is 9.93. The first-order valence-electron chi connectivity index (χ1n) is 8.85. The van der Waals surface area contributed by atoms with Crippen LogP contribution in [0.4, 0.5) is 0 Å². The van der Waals surface area contributed by atoms with Crippen LogP contribution in [0.15, 0.2) is 0 Å². The molecule has 25 heavy (non-hydrogen) atoms. The number of rotatable bonds is 2. The van der Waals surface area contributed by atoms with Crippen molar-refractivity contribution in [1.29, 1.82) is 0 Å². The Morgan fingerprint density at radius 3 is 1.88 bits per heavy atom. The summed E-state index contributed by atoms with van der Waals surface area (Å²) in [6, 6.07) is 0. The maximum absolute atomic E-state index is 12.8. The molecule has 0 radical (unpaired) electrons. The van der Waals surface area contributed by atoms with Gasteiger partial charge in [0.15, 0.2) is 17.1 Å². The van der Waals surface area contributed by atoms with Crippen molar-refractivity contribution in [3.05, 3.63) is 11.4 Å². The molecule has 2 fully saturated rings. The molecule has 2 amide bonds. The maximum atomic E-state index is 12.8. The van der Waals surface area contributed by atoms with Crippen LogP contribution in [0, 0.1) is 10.8 Å². The number of aromatic hydroxyl groups is 1. The molecule has 0 aromatic carbocycles. The molecule has 0 atom stereocenters. The van der Waals surface area contributed by atoms with Crippen LogP contribution in [0.2, 0.25) is 0 Å². The van der Waals surface area contributed by atoms with Gasteiger partial charge in [-0.25, -0.2) is 0 Å². The van der Waals surface area contributed by atoms with E-state index in [0.29, 0.717) is 26.2 Å². The fourth-order valence-corrected chi connectivity index (χ4v) is 3.77. The minimum Gasteiger partial charge on any atom is -0.504 e. The summed E-state index contributed by atoms with van der Waals surface area (Å²) in [5.74, 6) is -0.870. The second kappa shape index (κ2) is 5.75. The van der Waals surface area contributed by atoms with E-state index in [0.717, 1.165) is 12.8 Å². The molecular weight excluding hydrogens is 320 g/mol. The number of aromatic nitrogens is 2. The van der Waals surface area contributed by atoms with E-state index in [-0.39, 0.29) is 39.8 Å². The average Bonchev–Trinajstić information content (AvgIpc) is 3.14. The van der Waals surface area contributed by atoms with Crippen molar-refractivity contribution in [2.24, 2.45) is 17.9 Å². The lowest BCUT2D eigenvalue weighted by Crippen LogP contribution is -2.31. The fourth-order valence-electron chi connectivity index (χ4n) is 3.77. The highest BCUT2D eigenvalue weighted by atomic mass is 16.3. The highest BCUT2D eigenvalue weighted by Crippen LogP contribution is 2.34. The molecule has 2 aliphatic rings. The van der Waals surface area contributed by atoms with Gasteiger partial charge in [-0.3, -0.25) is 14.3 Å². The first-order valence-corrected chi connectivity index (χ1v) is 8.85. The lowest BCUT2D eigenvalue weighted by Gasteiger charge is -2.20. The monoisotopic (exact) mass is 348 g/mol. The van der Waals surface area contributed by atoms with Gasteiger partial charge in [0, 0.05) is 33.2 Å². The fraction of sp³-hybridized carbons (Fsp3) is 0.722. The molecule has 138 valence electrons. The maximum Gasteiger partial charge on any atom is 0.278 e. The van der Waals surface area contributed by atoms with Crippen molar-refractivity contribution < 1.29 is 14.7 Å². The van der Waals surface area contributed by atoms with Gasteiger partial charge in [0.05, 0.1) is 0 Å². The van der Waals surface area contributed by atoms with E-state index in [1.807, 2.05) is 0 Å². The summed E-state index contributed by atoms with van der Waals surface area (Å²) >= 11 is 0. The van der Waals surface area contributed by atoms with Crippen molar-refractivity contribution in [2.45, 2.75) is 40.5 Å². The van der Waals surface area contributed by atoms with E-state index in [9.17, 15) is 14.7 Å². The minimum atomic E-state index is -0.306. The number of aryl methyl sites for hydroxylation is 1. The molecule has 1 N–H and O–H groups in total. The zero-order valence-electron chi connectivity index (χ0n) is 15.8.